The van der Waals surface area contributed by atoms with Crippen molar-refractivity contribution in [3.8, 4) is 0 Å². The lowest BCUT2D eigenvalue weighted by molar-refractivity contribution is 0.0938. The summed E-state index contributed by atoms with van der Waals surface area (Å²) in [6, 6.07) is 13.0. The number of hydrogen-bond donors (Lipinski definition) is 2. The standard InChI is InChI=1S/C17H15N5O/c18-16-15(20-9-10-21-16)17(23)22-14(12-5-2-1-3-6-12)13-7-4-8-19-11-13/h1-11,14H,(H2,18,21)(H,22,23). The highest BCUT2D eigenvalue weighted by Gasteiger charge is 2.20. The molecule has 0 bridgehead atoms. The number of nitrogens with two attached hydrogens (primary N) is 1. The molecule has 6 nitrogen and oxygen atoms in total. The summed E-state index contributed by atoms with van der Waals surface area (Å²) in [6.07, 6.45) is 6.29. The Kier molecular flexibility index (Phi) is 4.24. The summed E-state index contributed by atoms with van der Waals surface area (Å²) >= 11 is 0. The molecule has 1 aromatic carbocycles. The van der Waals surface area contributed by atoms with Gasteiger partial charge in [-0.05, 0) is 17.2 Å². The molecular formula is C17H15N5O. The fourth-order valence-corrected chi connectivity index (χ4v) is 2.27. The molecular weight excluding hydrogens is 290 g/mol. The van der Waals surface area contributed by atoms with Crippen LogP contribution in [0.2, 0.25) is 0 Å². The van der Waals surface area contributed by atoms with E-state index < -0.39 is 0 Å². The number of nitrogens with one attached hydrogen (secondary N) is 1. The summed E-state index contributed by atoms with van der Waals surface area (Å²) in [4.78, 5) is 24.5. The molecule has 3 N–H and O–H groups in total. The van der Waals surface area contributed by atoms with Gasteiger partial charge in [-0.15, -0.1) is 0 Å². The van der Waals surface area contributed by atoms with Crippen LogP contribution < -0.4 is 11.1 Å². The van der Waals surface area contributed by atoms with Crippen molar-refractivity contribution >= 4 is 11.7 Å². The molecule has 0 fully saturated rings. The Morgan fingerprint density at radius 1 is 0.957 bits per heavy atom. The van der Waals surface area contributed by atoms with Gasteiger partial charge in [-0.2, -0.15) is 0 Å². The number of nitrogens with zero attached hydrogens (tertiary/aromatic N) is 3. The average Bonchev–Trinajstić information content (AvgIpc) is 2.61. The van der Waals surface area contributed by atoms with Crippen LogP contribution >= 0.6 is 0 Å². The second kappa shape index (κ2) is 6.65. The van der Waals surface area contributed by atoms with Crippen molar-refractivity contribution in [3.05, 3.63) is 84.1 Å². The number of anilines is 1. The van der Waals surface area contributed by atoms with E-state index in [1.54, 1.807) is 12.4 Å². The van der Waals surface area contributed by atoms with Crippen molar-refractivity contribution in [2.24, 2.45) is 0 Å². The van der Waals surface area contributed by atoms with Crippen LogP contribution in [0.15, 0.2) is 67.3 Å². The maximum Gasteiger partial charge on any atom is 0.274 e. The van der Waals surface area contributed by atoms with E-state index in [-0.39, 0.29) is 23.5 Å². The maximum atomic E-state index is 12.5. The van der Waals surface area contributed by atoms with Crippen LogP contribution in [-0.2, 0) is 0 Å². The molecule has 0 aliphatic heterocycles. The Morgan fingerprint density at radius 3 is 2.39 bits per heavy atom. The summed E-state index contributed by atoms with van der Waals surface area (Å²) in [5, 5.41) is 2.95. The van der Waals surface area contributed by atoms with Crippen molar-refractivity contribution in [1.29, 1.82) is 0 Å². The van der Waals surface area contributed by atoms with Gasteiger partial charge in [-0.3, -0.25) is 9.78 Å². The van der Waals surface area contributed by atoms with Gasteiger partial charge >= 0.3 is 0 Å². The minimum absolute atomic E-state index is 0.1000. The molecule has 2 aromatic heterocycles. The molecule has 3 aromatic rings. The number of benzene rings is 1. The molecule has 0 radical (unpaired) electrons. The van der Waals surface area contributed by atoms with Gasteiger partial charge in [0, 0.05) is 24.8 Å². The highest BCUT2D eigenvalue weighted by Crippen LogP contribution is 2.21. The number of nitrogen functional groups attached to an aromatic ring is 1. The molecule has 0 aliphatic carbocycles. The maximum absolute atomic E-state index is 12.5. The molecule has 2 heterocycles. The summed E-state index contributed by atoms with van der Waals surface area (Å²) in [5.41, 5.74) is 7.65. The predicted octanol–water partition coefficient (Wildman–Crippen LogP) is 1.97. The summed E-state index contributed by atoms with van der Waals surface area (Å²) in [5.74, 6) is -0.281. The average molecular weight is 305 g/mol. The van der Waals surface area contributed by atoms with Gasteiger partial charge in [0.2, 0.25) is 0 Å². The molecule has 1 amide bonds. The van der Waals surface area contributed by atoms with Crippen LogP contribution in [0.5, 0.6) is 0 Å². The van der Waals surface area contributed by atoms with Crippen LogP contribution in [0.3, 0.4) is 0 Å². The lowest BCUT2D eigenvalue weighted by Crippen LogP contribution is -2.30. The van der Waals surface area contributed by atoms with Crippen LogP contribution in [0.4, 0.5) is 5.82 Å². The largest absolute Gasteiger partial charge is 0.382 e. The molecule has 1 unspecified atom stereocenters. The van der Waals surface area contributed by atoms with Crippen LogP contribution in [0.25, 0.3) is 0 Å². The van der Waals surface area contributed by atoms with Crippen molar-refractivity contribution in [2.75, 3.05) is 5.73 Å². The van der Waals surface area contributed by atoms with Crippen LogP contribution in [0.1, 0.15) is 27.7 Å². The molecule has 0 saturated heterocycles. The molecule has 6 heteroatoms. The third-order valence-corrected chi connectivity index (χ3v) is 3.37. The summed E-state index contributed by atoms with van der Waals surface area (Å²) < 4.78 is 0. The van der Waals surface area contributed by atoms with Crippen molar-refractivity contribution in [2.45, 2.75) is 6.04 Å². The molecule has 0 aliphatic rings. The predicted molar refractivity (Wildman–Crippen MR) is 86.4 cm³/mol. The first kappa shape index (κ1) is 14.6. The number of carbonyl (C=O) groups is 1. The Balaban J connectivity index is 1.94. The van der Waals surface area contributed by atoms with E-state index in [0.29, 0.717) is 0 Å². The minimum Gasteiger partial charge on any atom is -0.382 e. The quantitative estimate of drug-likeness (QED) is 0.768. The smallest absolute Gasteiger partial charge is 0.274 e. The van der Waals surface area contributed by atoms with Gasteiger partial charge in [0.15, 0.2) is 11.5 Å². The van der Waals surface area contributed by atoms with E-state index in [9.17, 15) is 4.79 Å². The Labute approximate surface area is 133 Å². The number of amides is 1. The molecule has 23 heavy (non-hydrogen) atoms. The zero-order valence-corrected chi connectivity index (χ0v) is 12.3. The SMILES string of the molecule is Nc1nccnc1C(=O)NC(c1ccccc1)c1cccnc1. The Morgan fingerprint density at radius 2 is 1.70 bits per heavy atom. The summed E-state index contributed by atoms with van der Waals surface area (Å²) in [6.45, 7) is 0. The van der Waals surface area contributed by atoms with Crippen LogP contribution in [0, 0.1) is 0 Å². The normalized spacial score (nSPS) is 11.7. The van der Waals surface area contributed by atoms with E-state index >= 15 is 0 Å². The van der Waals surface area contributed by atoms with Gasteiger partial charge in [-0.1, -0.05) is 36.4 Å². The van der Waals surface area contributed by atoms with Gasteiger partial charge in [0.25, 0.3) is 5.91 Å². The number of hydrogen-bond acceptors (Lipinski definition) is 5. The number of carbonyl (C=O) groups excluding carboxylic acids is 1. The third-order valence-electron chi connectivity index (χ3n) is 3.37. The first-order valence-electron chi connectivity index (χ1n) is 7.08. The van der Waals surface area contributed by atoms with Gasteiger partial charge in [0.05, 0.1) is 6.04 Å². The first-order valence-corrected chi connectivity index (χ1v) is 7.08. The van der Waals surface area contributed by atoms with E-state index in [1.165, 1.54) is 12.4 Å². The minimum atomic E-state index is -0.381. The lowest BCUT2D eigenvalue weighted by atomic mass is 10.00. The fourth-order valence-electron chi connectivity index (χ4n) is 2.27. The van der Waals surface area contributed by atoms with E-state index in [4.69, 9.17) is 5.73 Å². The van der Waals surface area contributed by atoms with Gasteiger partial charge < -0.3 is 11.1 Å². The lowest BCUT2D eigenvalue weighted by Gasteiger charge is -2.19. The number of rotatable bonds is 4. The molecule has 3 rings (SSSR count). The van der Waals surface area contributed by atoms with Gasteiger partial charge in [0.1, 0.15) is 0 Å². The third kappa shape index (κ3) is 3.32. The van der Waals surface area contributed by atoms with Gasteiger partial charge in [-0.25, -0.2) is 9.97 Å². The zero-order chi connectivity index (χ0) is 16.1. The molecule has 1 atom stereocenters. The Hall–Kier alpha value is -3.28. The van der Waals surface area contributed by atoms with E-state index in [2.05, 4.69) is 20.3 Å². The highest BCUT2D eigenvalue weighted by atomic mass is 16.2. The monoisotopic (exact) mass is 305 g/mol. The van der Waals surface area contributed by atoms with E-state index in [0.717, 1.165) is 11.1 Å². The zero-order valence-electron chi connectivity index (χ0n) is 12.3. The molecule has 0 saturated carbocycles. The topological polar surface area (TPSA) is 93.8 Å². The van der Waals surface area contributed by atoms with Crippen molar-refractivity contribution in [1.82, 2.24) is 20.3 Å². The molecule has 0 spiro atoms. The van der Waals surface area contributed by atoms with Crippen LogP contribution in [-0.4, -0.2) is 20.9 Å². The van der Waals surface area contributed by atoms with Crippen molar-refractivity contribution in [3.63, 3.8) is 0 Å². The highest BCUT2D eigenvalue weighted by molar-refractivity contribution is 5.96. The molecule has 114 valence electrons. The first-order chi connectivity index (χ1) is 11.3. The fraction of sp³-hybridized carbons (Fsp3) is 0.0588. The Bertz CT molecular complexity index is 753. The summed E-state index contributed by atoms with van der Waals surface area (Å²) in [7, 11) is 0. The number of pyridine rings is 1. The van der Waals surface area contributed by atoms with Crippen molar-refractivity contribution < 1.29 is 4.79 Å². The second-order valence-electron chi connectivity index (χ2n) is 4.89. The number of aromatic nitrogens is 3. The van der Waals surface area contributed by atoms with E-state index in [1.807, 2.05) is 42.5 Å². The second-order valence-corrected chi connectivity index (χ2v) is 4.89.